The van der Waals surface area contributed by atoms with E-state index in [4.69, 9.17) is 25.8 Å². The number of ether oxygens (including phenoxy) is 3. The van der Waals surface area contributed by atoms with E-state index in [-0.39, 0.29) is 38.8 Å². The number of pyridine rings is 2. The molecule has 0 aromatic carbocycles. The molecule has 4 heterocycles. The zero-order chi connectivity index (χ0) is 21.3. The summed E-state index contributed by atoms with van der Waals surface area (Å²) in [6.07, 6.45) is 2.56. The average Bonchev–Trinajstić information content (AvgIpc) is 3.13. The van der Waals surface area contributed by atoms with E-state index in [9.17, 15) is 9.18 Å². The second kappa shape index (κ2) is 8.46. The van der Waals surface area contributed by atoms with Gasteiger partial charge in [0.2, 0.25) is 5.13 Å². The number of hydrogen-bond acceptors (Lipinski definition) is 9. The number of hydrogen-bond donors (Lipinski definition) is 1. The van der Waals surface area contributed by atoms with Crippen molar-refractivity contribution >= 4 is 34.0 Å². The lowest BCUT2D eigenvalue weighted by molar-refractivity contribution is -0.0799. The lowest BCUT2D eigenvalue weighted by atomic mass is 10.00. The fourth-order valence-electron chi connectivity index (χ4n) is 2.70. The van der Waals surface area contributed by atoms with Crippen LogP contribution in [-0.4, -0.2) is 52.5 Å². The van der Waals surface area contributed by atoms with Gasteiger partial charge in [-0.25, -0.2) is 9.37 Å². The van der Waals surface area contributed by atoms with Gasteiger partial charge in [0.05, 0.1) is 37.6 Å². The minimum Gasteiger partial charge on any atom is -0.494 e. The molecule has 3 aromatic heterocycles. The maximum Gasteiger partial charge on any atom is 0.296 e. The molecule has 0 aliphatic carbocycles. The molecule has 0 bridgehead atoms. The van der Waals surface area contributed by atoms with Crippen molar-refractivity contribution < 1.29 is 23.4 Å². The Hall–Kier alpha value is -2.89. The van der Waals surface area contributed by atoms with Gasteiger partial charge in [-0.2, -0.15) is 0 Å². The summed E-state index contributed by atoms with van der Waals surface area (Å²) in [4.78, 5) is 20.8. The highest BCUT2D eigenvalue weighted by molar-refractivity contribution is 7.17. The summed E-state index contributed by atoms with van der Waals surface area (Å²) < 4.78 is 30.6. The van der Waals surface area contributed by atoms with Gasteiger partial charge in [0.15, 0.2) is 11.0 Å². The number of carbonyl (C=O) groups is 1. The number of methoxy groups -OCH3 is 1. The van der Waals surface area contributed by atoms with Crippen molar-refractivity contribution in [2.75, 3.05) is 25.6 Å². The Morgan fingerprint density at radius 1 is 1.33 bits per heavy atom. The molecule has 9 nitrogen and oxygen atoms in total. The van der Waals surface area contributed by atoms with Crippen molar-refractivity contribution in [1.29, 1.82) is 0 Å². The molecular weight excluding hydrogens is 437 g/mol. The van der Waals surface area contributed by atoms with Gasteiger partial charge in [-0.15, -0.1) is 5.10 Å². The molecule has 0 radical (unpaired) electrons. The van der Waals surface area contributed by atoms with E-state index in [1.165, 1.54) is 19.5 Å². The van der Waals surface area contributed by atoms with Gasteiger partial charge in [0, 0.05) is 17.5 Å². The van der Waals surface area contributed by atoms with Crippen molar-refractivity contribution in [2.45, 2.75) is 13.0 Å². The Kier molecular flexibility index (Phi) is 5.75. The lowest BCUT2D eigenvalue weighted by Gasteiger charge is -2.24. The van der Waals surface area contributed by atoms with Crippen LogP contribution >= 0.6 is 22.9 Å². The predicted molar refractivity (Wildman–Crippen MR) is 107 cm³/mol. The second-order valence-corrected chi connectivity index (χ2v) is 7.58. The highest BCUT2D eigenvalue weighted by atomic mass is 35.5. The topological polar surface area (TPSA) is 108 Å². The lowest BCUT2D eigenvalue weighted by Crippen LogP contribution is -2.38. The minimum absolute atomic E-state index is 0.0134. The smallest absolute Gasteiger partial charge is 0.296 e. The summed E-state index contributed by atoms with van der Waals surface area (Å²) in [6, 6.07) is 1.57. The third-order valence-electron chi connectivity index (χ3n) is 4.22. The van der Waals surface area contributed by atoms with Crippen LogP contribution in [0.25, 0.3) is 11.1 Å². The number of aromatic nitrogens is 4. The molecule has 1 aliphatic rings. The van der Waals surface area contributed by atoms with E-state index in [0.717, 1.165) is 11.3 Å². The zero-order valence-electron chi connectivity index (χ0n) is 15.8. The first kappa shape index (κ1) is 20.4. The molecule has 0 saturated carbocycles. The Balaban J connectivity index is 1.66. The average molecular weight is 452 g/mol. The van der Waals surface area contributed by atoms with E-state index in [1.54, 1.807) is 13.0 Å². The fraction of sp³-hybridized carbons (Fsp3) is 0.278. The van der Waals surface area contributed by atoms with Crippen LogP contribution in [0.2, 0.25) is 5.15 Å². The van der Waals surface area contributed by atoms with Gasteiger partial charge < -0.3 is 14.2 Å². The first-order valence-corrected chi connectivity index (χ1v) is 9.90. The maximum absolute atomic E-state index is 14.8. The number of halogens is 2. The number of rotatable bonds is 6. The minimum atomic E-state index is -0.801. The predicted octanol–water partition coefficient (Wildman–Crippen LogP) is 3.13. The van der Waals surface area contributed by atoms with Crippen LogP contribution < -0.4 is 14.8 Å². The third kappa shape index (κ3) is 4.04. The SMILES string of the molecule is COc1cnc(Cl)c(F)c1-c1cc(C)ncc1C(=O)Nc1nnc(OC2COC2)s1. The number of nitrogens with zero attached hydrogens (tertiary/aromatic N) is 4. The summed E-state index contributed by atoms with van der Waals surface area (Å²) in [7, 11) is 1.37. The monoisotopic (exact) mass is 451 g/mol. The molecule has 1 N–H and O–H groups in total. The number of amides is 1. The summed E-state index contributed by atoms with van der Waals surface area (Å²) in [6.45, 7) is 2.69. The van der Waals surface area contributed by atoms with Gasteiger partial charge in [0.25, 0.3) is 11.1 Å². The van der Waals surface area contributed by atoms with Crippen LogP contribution in [0.1, 0.15) is 16.1 Å². The van der Waals surface area contributed by atoms with Crippen molar-refractivity contribution in [3.05, 3.63) is 40.7 Å². The molecule has 0 unspecified atom stereocenters. The molecule has 1 amide bonds. The van der Waals surface area contributed by atoms with Crippen molar-refractivity contribution in [1.82, 2.24) is 20.2 Å². The Morgan fingerprint density at radius 2 is 2.13 bits per heavy atom. The van der Waals surface area contributed by atoms with Crippen molar-refractivity contribution in [3.63, 3.8) is 0 Å². The standard InChI is InChI=1S/C18H15ClFN5O4S/c1-8-3-10(13-12(27-2)5-22-15(19)14(13)20)11(4-21-8)16(26)23-17-24-25-18(30-17)29-9-6-28-7-9/h3-5,9H,6-7H2,1-2H3,(H,23,24,26). The zero-order valence-corrected chi connectivity index (χ0v) is 17.4. The van der Waals surface area contributed by atoms with Gasteiger partial charge in [0.1, 0.15) is 11.9 Å². The Labute approximate surface area is 179 Å². The van der Waals surface area contributed by atoms with Crippen LogP contribution in [0, 0.1) is 12.7 Å². The highest BCUT2D eigenvalue weighted by Crippen LogP contribution is 2.37. The van der Waals surface area contributed by atoms with Crippen LogP contribution in [0.4, 0.5) is 9.52 Å². The van der Waals surface area contributed by atoms with E-state index in [0.29, 0.717) is 24.1 Å². The maximum atomic E-state index is 14.8. The van der Waals surface area contributed by atoms with E-state index < -0.39 is 11.7 Å². The first-order valence-electron chi connectivity index (χ1n) is 8.70. The Bertz CT molecular complexity index is 1110. The van der Waals surface area contributed by atoms with E-state index >= 15 is 0 Å². The molecule has 30 heavy (non-hydrogen) atoms. The molecule has 12 heteroatoms. The van der Waals surface area contributed by atoms with Gasteiger partial charge in [-0.1, -0.05) is 16.7 Å². The second-order valence-electron chi connectivity index (χ2n) is 6.28. The van der Waals surface area contributed by atoms with E-state index in [2.05, 4.69) is 25.5 Å². The van der Waals surface area contributed by atoms with Crippen LogP contribution in [0.15, 0.2) is 18.5 Å². The highest BCUT2D eigenvalue weighted by Gasteiger charge is 2.25. The molecular formula is C18H15ClFN5O4S. The van der Waals surface area contributed by atoms with Gasteiger partial charge in [-0.3, -0.25) is 15.1 Å². The van der Waals surface area contributed by atoms with Crippen molar-refractivity contribution in [2.24, 2.45) is 0 Å². The quantitative estimate of drug-likeness (QED) is 0.569. The molecule has 1 fully saturated rings. The van der Waals surface area contributed by atoms with Crippen LogP contribution in [0.5, 0.6) is 10.9 Å². The Morgan fingerprint density at radius 3 is 2.83 bits per heavy atom. The van der Waals surface area contributed by atoms with Gasteiger partial charge in [-0.05, 0) is 24.3 Å². The third-order valence-corrected chi connectivity index (χ3v) is 5.21. The van der Waals surface area contributed by atoms with Crippen LogP contribution in [0.3, 0.4) is 0 Å². The molecule has 4 rings (SSSR count). The van der Waals surface area contributed by atoms with Gasteiger partial charge >= 0.3 is 0 Å². The van der Waals surface area contributed by atoms with Crippen LogP contribution in [-0.2, 0) is 4.74 Å². The number of nitrogens with one attached hydrogen (secondary N) is 1. The number of aryl methyl sites for hydroxylation is 1. The largest absolute Gasteiger partial charge is 0.494 e. The molecule has 0 atom stereocenters. The summed E-state index contributed by atoms with van der Waals surface area (Å²) in [5.41, 5.74) is 0.945. The normalized spacial score (nSPS) is 13.6. The summed E-state index contributed by atoms with van der Waals surface area (Å²) in [5, 5.41) is 10.6. The molecule has 0 spiro atoms. The number of carbonyl (C=O) groups excluding carboxylic acids is 1. The summed E-state index contributed by atoms with van der Waals surface area (Å²) in [5.74, 6) is -1.22. The van der Waals surface area contributed by atoms with Crippen molar-refractivity contribution in [3.8, 4) is 22.1 Å². The molecule has 1 aliphatic heterocycles. The fourth-order valence-corrected chi connectivity index (χ4v) is 3.50. The molecule has 1 saturated heterocycles. The first-order chi connectivity index (χ1) is 14.5. The van der Waals surface area contributed by atoms with E-state index in [1.807, 2.05) is 0 Å². The molecule has 3 aromatic rings. The number of anilines is 1. The molecule has 156 valence electrons. The summed E-state index contributed by atoms with van der Waals surface area (Å²) >= 11 is 6.93.